The third-order valence-corrected chi connectivity index (χ3v) is 5.67. The fraction of sp³-hybridized carbons (Fsp3) is 0.250. The Hall–Kier alpha value is -1.16. The van der Waals surface area contributed by atoms with Gasteiger partial charge in [-0.05, 0) is 0 Å². The number of nitrogens with one attached hydrogen (secondary N) is 1. The van der Waals surface area contributed by atoms with Crippen LogP contribution in [0.15, 0.2) is 40.9 Å². The van der Waals surface area contributed by atoms with Crippen molar-refractivity contribution in [1.29, 1.82) is 0 Å². The van der Waals surface area contributed by atoms with Crippen molar-refractivity contribution < 1.29 is 0 Å². The van der Waals surface area contributed by atoms with E-state index in [-0.39, 0.29) is 15.0 Å². The van der Waals surface area contributed by atoms with Gasteiger partial charge >= 0.3 is 138 Å². The van der Waals surface area contributed by atoms with Crippen LogP contribution >= 0.6 is 15.9 Å². The summed E-state index contributed by atoms with van der Waals surface area (Å²) in [7, 11) is 0. The van der Waals surface area contributed by atoms with Crippen LogP contribution in [0.3, 0.4) is 0 Å². The van der Waals surface area contributed by atoms with Gasteiger partial charge in [0.1, 0.15) is 0 Å². The van der Waals surface area contributed by atoms with Crippen molar-refractivity contribution in [1.82, 2.24) is 7.96 Å². The zero-order valence-corrected chi connectivity index (χ0v) is 14.6. The molecule has 3 aromatic rings. The Morgan fingerprint density at radius 1 is 1.14 bits per heavy atom. The fourth-order valence-electron chi connectivity index (χ4n) is 2.99. The number of hydrogen-bond acceptors (Lipinski definition) is 3. The van der Waals surface area contributed by atoms with Crippen molar-refractivity contribution in [3.05, 3.63) is 52.0 Å². The third kappa shape index (κ3) is 2.66. The van der Waals surface area contributed by atoms with E-state index >= 15 is 0 Å². The summed E-state index contributed by atoms with van der Waals surface area (Å²) in [5.74, 6) is 0. The first kappa shape index (κ1) is 13.5. The van der Waals surface area contributed by atoms with Crippen molar-refractivity contribution in [3.63, 3.8) is 0 Å². The fourth-order valence-corrected chi connectivity index (χ4v) is 4.55. The molecule has 0 radical (unpaired) electrons. The summed E-state index contributed by atoms with van der Waals surface area (Å²) < 4.78 is 10.2. The predicted molar refractivity (Wildman–Crippen MR) is 90.1 cm³/mol. The first-order valence-corrected chi connectivity index (χ1v) is 9.37. The summed E-state index contributed by atoms with van der Waals surface area (Å²) in [6.07, 6.45) is 3.37. The number of halogens is 1. The third-order valence-electron chi connectivity index (χ3n) is 4.04. The Labute approximate surface area is 138 Å². The van der Waals surface area contributed by atoms with Crippen LogP contribution in [0.2, 0.25) is 0 Å². The van der Waals surface area contributed by atoms with Gasteiger partial charge in [-0.15, -0.1) is 0 Å². The Balaban J connectivity index is 1.59. The summed E-state index contributed by atoms with van der Waals surface area (Å²) in [6, 6.07) is 13.3. The molecule has 1 heterocycles. The van der Waals surface area contributed by atoms with Gasteiger partial charge in [-0.1, -0.05) is 0 Å². The second-order valence-electron chi connectivity index (χ2n) is 5.43. The maximum absolute atomic E-state index is 4.55. The Morgan fingerprint density at radius 3 is 3.05 bits per heavy atom. The van der Waals surface area contributed by atoms with Gasteiger partial charge in [0.2, 0.25) is 0 Å². The first-order chi connectivity index (χ1) is 10.3. The summed E-state index contributed by atoms with van der Waals surface area (Å²) in [6.45, 7) is 0. The van der Waals surface area contributed by atoms with Crippen LogP contribution in [0, 0.1) is 0 Å². The van der Waals surface area contributed by atoms with Crippen LogP contribution in [-0.2, 0) is 12.8 Å². The molecular weight excluding hydrogens is 393 g/mol. The normalized spacial score (nSPS) is 17.7. The van der Waals surface area contributed by atoms with Crippen LogP contribution in [0.1, 0.15) is 17.5 Å². The molecule has 1 unspecified atom stereocenters. The first-order valence-electron chi connectivity index (χ1n) is 7.05. The number of hydrogen-bond donors (Lipinski definition) is 1. The standard InChI is InChI=1S/C16H14BrN3Se/c17-12-6-4-11-9-13(7-5-10(11)8-12)18-14-2-1-3-15-16(14)20-21-19-15/h1-4,6,8,13,18H,5,7,9H2. The molecule has 1 N–H and O–H groups in total. The number of aromatic nitrogens is 2. The molecule has 1 aliphatic rings. The average molecular weight is 407 g/mol. The van der Waals surface area contributed by atoms with Gasteiger partial charge in [0, 0.05) is 0 Å². The molecule has 0 saturated carbocycles. The molecule has 0 bridgehead atoms. The zero-order valence-electron chi connectivity index (χ0n) is 11.3. The summed E-state index contributed by atoms with van der Waals surface area (Å²) in [5.41, 5.74) is 6.17. The van der Waals surface area contributed by atoms with E-state index < -0.39 is 0 Å². The molecule has 106 valence electrons. The second-order valence-corrected chi connectivity index (χ2v) is 7.46. The molecule has 4 rings (SSSR count). The van der Waals surface area contributed by atoms with Gasteiger partial charge in [0.25, 0.3) is 0 Å². The topological polar surface area (TPSA) is 37.8 Å². The van der Waals surface area contributed by atoms with Gasteiger partial charge in [-0.2, -0.15) is 0 Å². The molecule has 1 atom stereocenters. The SMILES string of the molecule is Brc1ccc2c(c1)CCC(Nc1cccc3n[se]nc13)C2. The molecule has 21 heavy (non-hydrogen) atoms. The molecule has 2 aromatic carbocycles. The molecular formula is C16H14BrN3Se. The summed E-state index contributed by atoms with van der Waals surface area (Å²) in [4.78, 5) is 0. The van der Waals surface area contributed by atoms with E-state index in [1.54, 1.807) is 0 Å². The monoisotopic (exact) mass is 407 g/mol. The minimum absolute atomic E-state index is 0.0333. The van der Waals surface area contributed by atoms with E-state index in [1.165, 1.54) is 15.6 Å². The summed E-state index contributed by atoms with van der Waals surface area (Å²) in [5, 5.41) is 3.68. The second kappa shape index (κ2) is 5.56. The number of aryl methyl sites for hydroxylation is 1. The molecule has 1 aliphatic carbocycles. The summed E-state index contributed by atoms with van der Waals surface area (Å²) >= 11 is 3.59. The predicted octanol–water partition coefficient (Wildman–Crippen LogP) is 3.42. The van der Waals surface area contributed by atoms with Crippen molar-refractivity contribution in [2.24, 2.45) is 0 Å². The quantitative estimate of drug-likeness (QED) is 0.662. The van der Waals surface area contributed by atoms with Crippen LogP contribution in [-0.4, -0.2) is 29.0 Å². The molecule has 0 saturated heterocycles. The average Bonchev–Trinajstić information content (AvgIpc) is 2.97. The minimum atomic E-state index is 0.0333. The maximum atomic E-state index is 4.55. The van der Waals surface area contributed by atoms with Crippen LogP contribution in [0.5, 0.6) is 0 Å². The zero-order chi connectivity index (χ0) is 14.2. The number of anilines is 1. The molecule has 5 heteroatoms. The van der Waals surface area contributed by atoms with Crippen LogP contribution < -0.4 is 5.32 Å². The van der Waals surface area contributed by atoms with Crippen molar-refractivity contribution in [3.8, 4) is 0 Å². The molecule has 0 fully saturated rings. The number of fused-ring (bicyclic) bond motifs is 2. The van der Waals surface area contributed by atoms with Crippen molar-refractivity contribution in [2.75, 3.05) is 5.32 Å². The Morgan fingerprint density at radius 2 is 2.10 bits per heavy atom. The van der Waals surface area contributed by atoms with Gasteiger partial charge in [-0.25, -0.2) is 0 Å². The molecule has 0 spiro atoms. The van der Waals surface area contributed by atoms with Gasteiger partial charge < -0.3 is 0 Å². The van der Waals surface area contributed by atoms with Gasteiger partial charge in [-0.3, -0.25) is 0 Å². The van der Waals surface area contributed by atoms with Crippen LogP contribution in [0.25, 0.3) is 11.0 Å². The van der Waals surface area contributed by atoms with E-state index in [9.17, 15) is 0 Å². The molecule has 1 aromatic heterocycles. The Bertz CT molecular complexity index is 799. The Kier molecular flexibility index (Phi) is 3.57. The van der Waals surface area contributed by atoms with E-state index in [0.29, 0.717) is 6.04 Å². The van der Waals surface area contributed by atoms with E-state index in [2.05, 4.69) is 59.5 Å². The number of nitrogens with zero attached hydrogens (tertiary/aromatic N) is 2. The molecule has 3 nitrogen and oxygen atoms in total. The molecule has 0 aliphatic heterocycles. The van der Waals surface area contributed by atoms with E-state index in [4.69, 9.17) is 0 Å². The van der Waals surface area contributed by atoms with Crippen molar-refractivity contribution in [2.45, 2.75) is 25.3 Å². The van der Waals surface area contributed by atoms with Crippen molar-refractivity contribution >= 4 is 47.6 Å². The van der Waals surface area contributed by atoms with Gasteiger partial charge in [0.15, 0.2) is 0 Å². The molecule has 0 amide bonds. The van der Waals surface area contributed by atoms with Crippen LogP contribution in [0.4, 0.5) is 5.69 Å². The van der Waals surface area contributed by atoms with E-state index in [1.807, 2.05) is 6.07 Å². The number of benzene rings is 2. The number of rotatable bonds is 2. The van der Waals surface area contributed by atoms with E-state index in [0.717, 1.165) is 36.0 Å². The van der Waals surface area contributed by atoms with Gasteiger partial charge in [0.05, 0.1) is 0 Å².